The summed E-state index contributed by atoms with van der Waals surface area (Å²) in [5, 5.41) is 0.117. The average Bonchev–Trinajstić information content (AvgIpc) is 2.39. The number of aromatic nitrogens is 3. The van der Waals surface area contributed by atoms with Crippen molar-refractivity contribution in [3.8, 4) is 0 Å². The molecule has 1 atom stereocenters. The van der Waals surface area contributed by atoms with E-state index in [1.165, 1.54) is 4.90 Å². The minimum atomic E-state index is 0.117. The van der Waals surface area contributed by atoms with Crippen molar-refractivity contribution in [1.29, 1.82) is 0 Å². The summed E-state index contributed by atoms with van der Waals surface area (Å²) in [4.78, 5) is 15.7. The molecule has 0 radical (unpaired) electrons. The van der Waals surface area contributed by atoms with Crippen molar-refractivity contribution in [2.45, 2.75) is 17.1 Å². The second-order valence-corrected chi connectivity index (χ2v) is 5.73. The van der Waals surface area contributed by atoms with Crippen LogP contribution in [0.5, 0.6) is 0 Å². The number of rotatable bonds is 4. The molecule has 2 N–H and O–H groups in total. The lowest BCUT2D eigenvalue weighted by Gasteiger charge is -2.14. The topological polar surface area (TPSA) is 67.9 Å². The van der Waals surface area contributed by atoms with Crippen LogP contribution in [0, 0.1) is 0 Å². The van der Waals surface area contributed by atoms with Gasteiger partial charge < -0.3 is 10.6 Å². The molecular formula is C13H17N5S. The molecule has 100 valence electrons. The van der Waals surface area contributed by atoms with Crippen LogP contribution in [0.1, 0.15) is 18.0 Å². The summed E-state index contributed by atoms with van der Waals surface area (Å²) in [6.45, 7) is 2.06. The maximum absolute atomic E-state index is 5.73. The molecule has 19 heavy (non-hydrogen) atoms. The number of hydrogen-bond acceptors (Lipinski definition) is 6. The van der Waals surface area contributed by atoms with Crippen molar-refractivity contribution < 1.29 is 0 Å². The van der Waals surface area contributed by atoms with Gasteiger partial charge in [0.25, 0.3) is 0 Å². The molecule has 0 aliphatic rings. The standard InChI is InChI=1S/C13H17N5S/c1-9(19-10-7-5-4-6-8-10)11-15-12(14)17-13(16-11)18(2)3/h4-9H,1-3H3,(H2,14,15,16,17)/t9-/m0/s1. The first-order chi connectivity index (χ1) is 9.06. The van der Waals surface area contributed by atoms with Gasteiger partial charge in [-0.15, -0.1) is 11.8 Å². The van der Waals surface area contributed by atoms with Crippen molar-refractivity contribution in [2.75, 3.05) is 24.7 Å². The van der Waals surface area contributed by atoms with Gasteiger partial charge in [-0.25, -0.2) is 0 Å². The fraction of sp³-hybridized carbons (Fsp3) is 0.308. The first-order valence-electron chi connectivity index (χ1n) is 5.96. The molecule has 0 saturated heterocycles. The van der Waals surface area contributed by atoms with E-state index in [2.05, 4.69) is 34.0 Å². The predicted molar refractivity (Wildman–Crippen MR) is 79.3 cm³/mol. The maximum Gasteiger partial charge on any atom is 0.229 e. The highest BCUT2D eigenvalue weighted by Gasteiger charge is 2.14. The Bertz CT molecular complexity index is 544. The Kier molecular flexibility index (Phi) is 4.21. The van der Waals surface area contributed by atoms with Crippen LogP contribution in [0.2, 0.25) is 0 Å². The van der Waals surface area contributed by atoms with E-state index in [4.69, 9.17) is 5.73 Å². The van der Waals surface area contributed by atoms with Crippen molar-refractivity contribution in [3.63, 3.8) is 0 Å². The zero-order valence-corrected chi connectivity index (χ0v) is 12.1. The van der Waals surface area contributed by atoms with Crippen molar-refractivity contribution in [2.24, 2.45) is 0 Å². The van der Waals surface area contributed by atoms with Gasteiger partial charge in [-0.05, 0) is 19.1 Å². The molecule has 0 aliphatic heterocycles. The largest absolute Gasteiger partial charge is 0.368 e. The number of anilines is 2. The zero-order valence-electron chi connectivity index (χ0n) is 11.2. The Morgan fingerprint density at radius 3 is 2.42 bits per heavy atom. The van der Waals surface area contributed by atoms with Gasteiger partial charge in [0.15, 0.2) is 0 Å². The number of benzene rings is 1. The molecule has 0 fully saturated rings. The quantitative estimate of drug-likeness (QED) is 0.864. The number of nitrogens with two attached hydrogens (primary N) is 1. The van der Waals surface area contributed by atoms with Gasteiger partial charge in [0.1, 0.15) is 5.82 Å². The van der Waals surface area contributed by atoms with Crippen LogP contribution in [0.4, 0.5) is 11.9 Å². The Balaban J connectivity index is 2.21. The third-order valence-electron chi connectivity index (χ3n) is 2.48. The van der Waals surface area contributed by atoms with E-state index < -0.39 is 0 Å². The highest BCUT2D eigenvalue weighted by molar-refractivity contribution is 7.99. The normalized spacial score (nSPS) is 12.2. The fourth-order valence-electron chi connectivity index (χ4n) is 1.53. The molecule has 0 amide bonds. The Morgan fingerprint density at radius 1 is 1.11 bits per heavy atom. The molecule has 0 unspecified atom stereocenters. The molecule has 1 aromatic carbocycles. The second kappa shape index (κ2) is 5.88. The maximum atomic E-state index is 5.73. The van der Waals surface area contributed by atoms with Crippen LogP contribution >= 0.6 is 11.8 Å². The summed E-state index contributed by atoms with van der Waals surface area (Å²) in [6.07, 6.45) is 0. The summed E-state index contributed by atoms with van der Waals surface area (Å²) in [5.74, 6) is 1.54. The van der Waals surface area contributed by atoms with Gasteiger partial charge in [-0.1, -0.05) is 18.2 Å². The minimum absolute atomic E-state index is 0.117. The highest BCUT2D eigenvalue weighted by Crippen LogP contribution is 2.33. The fourth-order valence-corrected chi connectivity index (χ4v) is 2.47. The van der Waals surface area contributed by atoms with Gasteiger partial charge in [-0.3, -0.25) is 0 Å². The van der Waals surface area contributed by atoms with Crippen LogP contribution in [-0.4, -0.2) is 29.0 Å². The molecule has 1 heterocycles. The van der Waals surface area contributed by atoms with Gasteiger partial charge in [0.2, 0.25) is 11.9 Å². The third kappa shape index (κ3) is 3.57. The van der Waals surface area contributed by atoms with Crippen LogP contribution in [0.15, 0.2) is 35.2 Å². The Labute approximate surface area is 117 Å². The van der Waals surface area contributed by atoms with Gasteiger partial charge in [0, 0.05) is 19.0 Å². The van der Waals surface area contributed by atoms with Crippen LogP contribution in [0.25, 0.3) is 0 Å². The molecule has 5 nitrogen and oxygen atoms in total. The van der Waals surface area contributed by atoms with Gasteiger partial charge in [0.05, 0.1) is 5.25 Å². The van der Waals surface area contributed by atoms with E-state index in [1.54, 1.807) is 11.8 Å². The predicted octanol–water partition coefficient (Wildman–Crippen LogP) is 2.37. The summed E-state index contributed by atoms with van der Waals surface area (Å²) in [6, 6.07) is 10.2. The number of nitrogen functional groups attached to an aromatic ring is 1. The molecular weight excluding hydrogens is 258 g/mol. The zero-order chi connectivity index (χ0) is 13.8. The summed E-state index contributed by atoms with van der Waals surface area (Å²) in [7, 11) is 3.76. The number of hydrogen-bond donors (Lipinski definition) is 1. The average molecular weight is 275 g/mol. The molecule has 0 bridgehead atoms. The molecule has 0 saturated carbocycles. The lowest BCUT2D eigenvalue weighted by Crippen LogP contribution is -2.16. The molecule has 1 aromatic heterocycles. The second-order valence-electron chi connectivity index (χ2n) is 4.32. The molecule has 6 heteroatoms. The van der Waals surface area contributed by atoms with E-state index in [1.807, 2.05) is 37.2 Å². The van der Waals surface area contributed by atoms with E-state index in [-0.39, 0.29) is 11.2 Å². The van der Waals surface area contributed by atoms with Crippen molar-refractivity contribution in [3.05, 3.63) is 36.2 Å². The van der Waals surface area contributed by atoms with Gasteiger partial charge in [-0.2, -0.15) is 15.0 Å². The summed E-state index contributed by atoms with van der Waals surface area (Å²) < 4.78 is 0. The van der Waals surface area contributed by atoms with E-state index >= 15 is 0 Å². The molecule has 2 aromatic rings. The van der Waals surface area contributed by atoms with Crippen molar-refractivity contribution >= 4 is 23.7 Å². The lowest BCUT2D eigenvalue weighted by molar-refractivity contribution is 0.865. The van der Waals surface area contributed by atoms with Crippen LogP contribution < -0.4 is 10.6 Å². The lowest BCUT2D eigenvalue weighted by atomic mass is 10.4. The first-order valence-corrected chi connectivity index (χ1v) is 6.84. The Morgan fingerprint density at radius 2 is 1.79 bits per heavy atom. The number of thioether (sulfide) groups is 1. The monoisotopic (exact) mass is 275 g/mol. The molecule has 0 aliphatic carbocycles. The van der Waals surface area contributed by atoms with E-state index in [0.29, 0.717) is 11.8 Å². The minimum Gasteiger partial charge on any atom is -0.368 e. The van der Waals surface area contributed by atoms with E-state index in [9.17, 15) is 0 Å². The Hall–Kier alpha value is -1.82. The SMILES string of the molecule is C[C@H](Sc1ccccc1)c1nc(N)nc(N(C)C)n1. The molecule has 2 rings (SSSR count). The van der Waals surface area contributed by atoms with Gasteiger partial charge >= 0.3 is 0 Å². The van der Waals surface area contributed by atoms with E-state index in [0.717, 1.165) is 0 Å². The highest BCUT2D eigenvalue weighted by atomic mass is 32.2. The smallest absolute Gasteiger partial charge is 0.229 e. The summed E-state index contributed by atoms with van der Waals surface area (Å²) >= 11 is 1.70. The third-order valence-corrected chi connectivity index (χ3v) is 3.59. The summed E-state index contributed by atoms with van der Waals surface area (Å²) in [5.41, 5.74) is 5.73. The molecule has 0 spiro atoms. The van der Waals surface area contributed by atoms with Crippen molar-refractivity contribution in [1.82, 2.24) is 15.0 Å². The number of nitrogens with zero attached hydrogens (tertiary/aromatic N) is 4. The van der Waals surface area contributed by atoms with Crippen LogP contribution in [-0.2, 0) is 0 Å². The van der Waals surface area contributed by atoms with Crippen LogP contribution in [0.3, 0.4) is 0 Å². The first kappa shape index (κ1) is 13.6.